The van der Waals surface area contributed by atoms with Gasteiger partial charge in [0.15, 0.2) is 20.0 Å². The predicted molar refractivity (Wildman–Crippen MR) is 106 cm³/mol. The first-order valence-corrected chi connectivity index (χ1v) is 14.1. The normalized spacial score (nSPS) is 18.6. The summed E-state index contributed by atoms with van der Waals surface area (Å²) in [6.07, 6.45) is -1.93. The molecule has 1 heterocycles. The summed E-state index contributed by atoms with van der Waals surface area (Å²) < 4.78 is 195. The van der Waals surface area contributed by atoms with E-state index in [0.29, 0.717) is 10.5 Å². The van der Waals surface area contributed by atoms with Crippen molar-refractivity contribution in [2.45, 2.75) is 68.1 Å². The van der Waals surface area contributed by atoms with Gasteiger partial charge < -0.3 is 8.86 Å². The van der Waals surface area contributed by atoms with Crippen molar-refractivity contribution in [3.63, 3.8) is 0 Å². The van der Waals surface area contributed by atoms with Crippen LogP contribution in [0.3, 0.4) is 0 Å². The maximum atomic E-state index is 14.3. The molecule has 220 valence electrons. The molecule has 10 nitrogen and oxygen atoms in total. The Kier molecular flexibility index (Phi) is 9.07. The van der Waals surface area contributed by atoms with E-state index >= 15 is 0 Å². The maximum Gasteiger partial charge on any atom is 0.480 e. The van der Waals surface area contributed by atoms with Gasteiger partial charge in [0, 0.05) is 13.1 Å². The van der Waals surface area contributed by atoms with Gasteiger partial charge in [-0.3, -0.25) is 4.79 Å². The van der Waals surface area contributed by atoms with Crippen molar-refractivity contribution in [3.05, 3.63) is 4.13 Å². The largest absolute Gasteiger partial charge is 0.480 e. The van der Waals surface area contributed by atoms with E-state index in [1.807, 2.05) is 0 Å². The van der Waals surface area contributed by atoms with E-state index < -0.39 is 99.7 Å². The molecule has 1 aliphatic heterocycles. The Morgan fingerprint density at radius 3 is 1.65 bits per heavy atom. The average Bonchev–Trinajstić information content (AvgIpc) is 2.71. The fourth-order valence-corrected chi connectivity index (χ4v) is 6.25. The Morgan fingerprint density at radius 1 is 0.838 bits per heavy atom. The molecule has 0 aromatic heterocycles. The van der Waals surface area contributed by atoms with Crippen molar-refractivity contribution in [1.29, 1.82) is 0 Å². The molecule has 0 aromatic rings. The smallest absolute Gasteiger partial charge is 0.462 e. The highest BCUT2D eigenvalue weighted by molar-refractivity contribution is 8.13. The van der Waals surface area contributed by atoms with E-state index in [0.717, 1.165) is 0 Å². The molecule has 0 spiro atoms. The summed E-state index contributed by atoms with van der Waals surface area (Å²) in [5, 5.41) is -14.4. The van der Waals surface area contributed by atoms with Crippen LogP contribution in [0.5, 0.6) is 0 Å². The van der Waals surface area contributed by atoms with E-state index in [9.17, 15) is 69.6 Å². The Labute approximate surface area is 205 Å². The summed E-state index contributed by atoms with van der Waals surface area (Å²) in [6.45, 7) is 2.41. The van der Waals surface area contributed by atoms with Gasteiger partial charge in [0.25, 0.3) is 10.0 Å². The van der Waals surface area contributed by atoms with Crippen LogP contribution >= 0.6 is 0 Å². The van der Waals surface area contributed by atoms with Crippen LogP contribution in [-0.4, -0.2) is 76.7 Å². The second kappa shape index (κ2) is 9.97. The molecule has 1 aliphatic rings. The molecular weight excluding hydrogens is 603 g/mol. The van der Waals surface area contributed by atoms with Crippen molar-refractivity contribution in [2.24, 2.45) is 5.41 Å². The lowest BCUT2D eigenvalue weighted by molar-refractivity contribution is -0.244. The van der Waals surface area contributed by atoms with Crippen molar-refractivity contribution < 1.29 is 74.3 Å². The molecule has 0 bridgehead atoms. The Bertz CT molecular complexity index is 1190. The number of hydrogen-bond donors (Lipinski definition) is 0. The number of rotatable bonds is 10. The van der Waals surface area contributed by atoms with Gasteiger partial charge in [-0.2, -0.15) is 43.8 Å². The zero-order valence-electron chi connectivity index (χ0n) is 18.9. The quantitative estimate of drug-likeness (QED) is 0.267. The van der Waals surface area contributed by atoms with Gasteiger partial charge in [0.05, 0.1) is 5.41 Å². The molecule has 1 saturated heterocycles. The van der Waals surface area contributed by atoms with Crippen LogP contribution in [0, 0.1) is 5.41 Å². The number of sulfonamides is 3. The second-order valence-corrected chi connectivity index (χ2v) is 13.8. The number of hydrogen-bond acceptors (Lipinski definition) is 8. The monoisotopic (exact) mass is 623 g/mol. The van der Waals surface area contributed by atoms with E-state index in [-0.39, 0.29) is 0 Å². The molecule has 0 amide bonds. The molecule has 1 rings (SSSR count). The third-order valence-corrected chi connectivity index (χ3v) is 10.3. The molecule has 37 heavy (non-hydrogen) atoms. The summed E-state index contributed by atoms with van der Waals surface area (Å²) in [5.41, 5.74) is -7.71. The molecule has 22 heteroatoms. The van der Waals surface area contributed by atoms with Crippen molar-refractivity contribution >= 4 is 36.0 Å². The number of piperidine rings is 1. The number of alkyl halides is 9. The van der Waals surface area contributed by atoms with E-state index in [1.54, 1.807) is 6.92 Å². The summed E-state index contributed by atoms with van der Waals surface area (Å²) >= 11 is 0. The van der Waals surface area contributed by atoms with Gasteiger partial charge in [-0.15, -0.1) is 0 Å². The van der Waals surface area contributed by atoms with E-state index in [2.05, 4.69) is 0 Å². The number of halogens is 9. The Balaban J connectivity index is 3.24. The van der Waals surface area contributed by atoms with Crippen LogP contribution in [0.15, 0.2) is 0 Å². The molecular formula is C15H20F9N2O8S3-. The third-order valence-electron chi connectivity index (χ3n) is 5.32. The van der Waals surface area contributed by atoms with Gasteiger partial charge in [-0.1, -0.05) is 6.92 Å². The highest BCUT2D eigenvalue weighted by Gasteiger charge is 2.81. The molecule has 0 atom stereocenters. The summed E-state index contributed by atoms with van der Waals surface area (Å²) in [6, 6.07) is 0. The van der Waals surface area contributed by atoms with Crippen LogP contribution in [0.1, 0.15) is 40.0 Å². The van der Waals surface area contributed by atoms with Crippen LogP contribution in [0.25, 0.3) is 4.13 Å². The first kappa shape index (κ1) is 33.6. The van der Waals surface area contributed by atoms with Crippen molar-refractivity contribution in [3.8, 4) is 0 Å². The third kappa shape index (κ3) is 5.96. The van der Waals surface area contributed by atoms with Gasteiger partial charge >= 0.3 is 27.9 Å². The Morgan fingerprint density at radius 2 is 1.27 bits per heavy atom. The summed E-state index contributed by atoms with van der Waals surface area (Å²) in [7, 11) is -22.3. The fourth-order valence-electron chi connectivity index (χ4n) is 2.52. The number of ether oxygens (including phenoxy) is 1. The minimum atomic E-state index is -7.96. The zero-order chi connectivity index (χ0) is 29.7. The topological polar surface area (TPSA) is 146 Å². The second-order valence-electron chi connectivity index (χ2n) is 8.32. The lowest BCUT2D eigenvalue weighted by atomic mass is 9.90. The van der Waals surface area contributed by atoms with Crippen LogP contribution in [0.2, 0.25) is 0 Å². The fraction of sp³-hybridized carbons (Fsp3) is 0.933. The minimum Gasteiger partial charge on any atom is -0.462 e. The minimum absolute atomic E-state index is 0.300. The van der Waals surface area contributed by atoms with Crippen LogP contribution in [0.4, 0.5) is 39.5 Å². The molecule has 0 unspecified atom stereocenters. The lowest BCUT2D eigenvalue weighted by Gasteiger charge is -2.39. The summed E-state index contributed by atoms with van der Waals surface area (Å²) in [5.74, 6) is -8.29. The predicted octanol–water partition coefficient (Wildman–Crippen LogP) is 3.13. The maximum absolute atomic E-state index is 14.3. The first-order valence-electron chi connectivity index (χ1n) is 9.76. The average molecular weight is 624 g/mol. The highest BCUT2D eigenvalue weighted by atomic mass is 32.3. The molecule has 0 aliphatic carbocycles. The lowest BCUT2D eigenvalue weighted by Crippen LogP contribution is -2.63. The van der Waals surface area contributed by atoms with Crippen LogP contribution in [-0.2, 0) is 39.6 Å². The standard InChI is InChI=1S/C15H20F9N2O8S3/c1-4-11(2,3)10(27)34-9-5-7-26(8-6-9)37(32,33)14(20,21)12(16,17)13(18,19)35(28,29)25-36(30,31)15(22,23)24/h9H,4-8H2,1-3H3/q-1. The molecule has 0 saturated carbocycles. The van der Waals surface area contributed by atoms with Crippen LogP contribution < -0.4 is 0 Å². The molecule has 0 aromatic carbocycles. The van der Waals surface area contributed by atoms with Gasteiger partial charge in [-0.05, 0) is 33.1 Å². The summed E-state index contributed by atoms with van der Waals surface area (Å²) in [4.78, 5) is 12.1. The zero-order valence-corrected chi connectivity index (χ0v) is 21.3. The number of carbonyl (C=O) groups is 1. The molecule has 1 fully saturated rings. The molecule has 0 N–H and O–H groups in total. The Hall–Kier alpha value is -1.39. The van der Waals surface area contributed by atoms with Gasteiger partial charge in [0.1, 0.15) is 6.10 Å². The SMILES string of the molecule is CCC(C)(C)C(=O)OC1CCN(S(=O)(=O)C(F)(F)C(F)(F)C(F)(F)S(=O)(=O)[N-]S(=O)(=O)C(F)(F)F)CC1. The number of esters is 1. The van der Waals surface area contributed by atoms with Gasteiger partial charge in [0.2, 0.25) is 0 Å². The van der Waals surface area contributed by atoms with Gasteiger partial charge in [-0.25, -0.2) is 25.3 Å². The molecule has 0 radical (unpaired) electrons. The van der Waals surface area contributed by atoms with E-state index in [4.69, 9.17) is 4.74 Å². The van der Waals surface area contributed by atoms with E-state index in [1.165, 1.54) is 13.8 Å². The van der Waals surface area contributed by atoms with Crippen molar-refractivity contribution in [1.82, 2.24) is 4.31 Å². The first-order chi connectivity index (χ1) is 16.1. The number of nitrogens with zero attached hydrogens (tertiary/aromatic N) is 2. The van der Waals surface area contributed by atoms with Crippen molar-refractivity contribution in [2.75, 3.05) is 13.1 Å². The number of carbonyl (C=O) groups excluding carboxylic acids is 1. The highest BCUT2D eigenvalue weighted by Crippen LogP contribution is 2.53.